The number of hydrogen-bond acceptors (Lipinski definition) is 3. The lowest BCUT2D eigenvalue weighted by Gasteiger charge is -2.38. The van der Waals surface area contributed by atoms with Crippen LogP contribution in [0.4, 0.5) is 0 Å². The Labute approximate surface area is 99.5 Å². The Balaban J connectivity index is 1.92. The molecule has 2 heterocycles. The molecule has 3 heteroatoms. The molecule has 3 atom stereocenters. The molecule has 0 radical (unpaired) electrons. The maximum Gasteiger partial charge on any atom is 0.0728 e. The van der Waals surface area contributed by atoms with Crippen molar-refractivity contribution >= 4 is 0 Å². The third-order valence-electron chi connectivity index (χ3n) is 4.33. The third-order valence-corrected chi connectivity index (χ3v) is 4.33. The highest BCUT2D eigenvalue weighted by Crippen LogP contribution is 2.34. The average molecular weight is 226 g/mol. The fourth-order valence-electron chi connectivity index (χ4n) is 3.07. The van der Waals surface area contributed by atoms with Gasteiger partial charge in [0.2, 0.25) is 0 Å². The van der Waals surface area contributed by atoms with Gasteiger partial charge in [0.25, 0.3) is 0 Å². The molecule has 0 amide bonds. The van der Waals surface area contributed by atoms with Gasteiger partial charge in [0.1, 0.15) is 0 Å². The van der Waals surface area contributed by atoms with Gasteiger partial charge in [-0.15, -0.1) is 0 Å². The van der Waals surface area contributed by atoms with Crippen LogP contribution in [0.2, 0.25) is 0 Å². The first-order chi connectivity index (χ1) is 7.52. The standard InChI is InChI=1S/C13H26N2O/c1-10(2)14-12-5-7-15(9-12)13(4)6-8-16-11(13)3/h10-12,14H,5-9H2,1-4H3. The second kappa shape index (κ2) is 4.63. The first kappa shape index (κ1) is 12.3. The van der Waals surface area contributed by atoms with Crippen molar-refractivity contribution in [2.45, 2.75) is 64.3 Å². The van der Waals surface area contributed by atoms with E-state index in [0.717, 1.165) is 6.61 Å². The van der Waals surface area contributed by atoms with E-state index in [1.165, 1.54) is 25.9 Å². The number of nitrogens with zero attached hydrogens (tertiary/aromatic N) is 1. The molecule has 0 spiro atoms. The van der Waals surface area contributed by atoms with Crippen LogP contribution in [-0.4, -0.2) is 48.3 Å². The van der Waals surface area contributed by atoms with Crippen molar-refractivity contribution in [2.24, 2.45) is 0 Å². The van der Waals surface area contributed by atoms with Crippen molar-refractivity contribution in [3.63, 3.8) is 0 Å². The molecule has 2 aliphatic rings. The van der Waals surface area contributed by atoms with E-state index in [9.17, 15) is 0 Å². The molecule has 3 unspecified atom stereocenters. The molecular weight excluding hydrogens is 200 g/mol. The number of hydrogen-bond donors (Lipinski definition) is 1. The van der Waals surface area contributed by atoms with Gasteiger partial charge in [0.15, 0.2) is 0 Å². The normalized spacial score (nSPS) is 41.1. The third kappa shape index (κ3) is 2.27. The lowest BCUT2D eigenvalue weighted by molar-refractivity contribution is 0.0318. The van der Waals surface area contributed by atoms with Gasteiger partial charge in [-0.3, -0.25) is 4.90 Å². The minimum Gasteiger partial charge on any atom is -0.377 e. The van der Waals surface area contributed by atoms with Gasteiger partial charge in [-0.05, 0) is 26.7 Å². The van der Waals surface area contributed by atoms with Crippen LogP contribution in [-0.2, 0) is 4.74 Å². The lowest BCUT2D eigenvalue weighted by Crippen LogP contribution is -2.51. The molecular formula is C13H26N2O. The van der Waals surface area contributed by atoms with Gasteiger partial charge in [-0.2, -0.15) is 0 Å². The highest BCUT2D eigenvalue weighted by molar-refractivity contribution is 4.99. The van der Waals surface area contributed by atoms with E-state index in [0.29, 0.717) is 18.2 Å². The molecule has 0 aromatic rings. The van der Waals surface area contributed by atoms with Crippen LogP contribution in [0, 0.1) is 0 Å². The van der Waals surface area contributed by atoms with Gasteiger partial charge in [-0.25, -0.2) is 0 Å². The topological polar surface area (TPSA) is 24.5 Å². The smallest absolute Gasteiger partial charge is 0.0728 e. The number of rotatable bonds is 3. The fraction of sp³-hybridized carbons (Fsp3) is 1.00. The summed E-state index contributed by atoms with van der Waals surface area (Å²) >= 11 is 0. The molecule has 3 nitrogen and oxygen atoms in total. The second-order valence-corrected chi connectivity index (χ2v) is 5.87. The summed E-state index contributed by atoms with van der Waals surface area (Å²) < 4.78 is 5.74. The van der Waals surface area contributed by atoms with Crippen LogP contribution in [0.25, 0.3) is 0 Å². The second-order valence-electron chi connectivity index (χ2n) is 5.87. The van der Waals surface area contributed by atoms with E-state index in [1.807, 2.05) is 0 Å². The maximum absolute atomic E-state index is 5.74. The average Bonchev–Trinajstić information content (AvgIpc) is 2.75. The first-order valence-electron chi connectivity index (χ1n) is 6.65. The Morgan fingerprint density at radius 1 is 1.44 bits per heavy atom. The van der Waals surface area contributed by atoms with Gasteiger partial charge >= 0.3 is 0 Å². The zero-order valence-corrected chi connectivity index (χ0v) is 11.1. The Morgan fingerprint density at radius 3 is 2.75 bits per heavy atom. The van der Waals surface area contributed by atoms with Crippen LogP contribution in [0.3, 0.4) is 0 Å². The largest absolute Gasteiger partial charge is 0.377 e. The summed E-state index contributed by atoms with van der Waals surface area (Å²) in [5.41, 5.74) is 0.271. The Hall–Kier alpha value is -0.120. The molecule has 0 aliphatic carbocycles. The SMILES string of the molecule is CC(C)NC1CCN(C2(C)CCOC2C)C1. The number of nitrogens with one attached hydrogen (secondary N) is 1. The van der Waals surface area contributed by atoms with Crippen LogP contribution in [0.5, 0.6) is 0 Å². The summed E-state index contributed by atoms with van der Waals surface area (Å²) in [5.74, 6) is 0. The molecule has 2 aliphatic heterocycles. The number of ether oxygens (including phenoxy) is 1. The molecule has 0 saturated carbocycles. The quantitative estimate of drug-likeness (QED) is 0.791. The van der Waals surface area contributed by atoms with E-state index in [1.54, 1.807) is 0 Å². The van der Waals surface area contributed by atoms with Gasteiger partial charge in [0, 0.05) is 37.3 Å². The minimum atomic E-state index is 0.271. The fourth-order valence-corrected chi connectivity index (χ4v) is 3.07. The van der Waals surface area contributed by atoms with E-state index < -0.39 is 0 Å². The molecule has 1 N–H and O–H groups in total. The summed E-state index contributed by atoms with van der Waals surface area (Å²) in [4.78, 5) is 2.63. The lowest BCUT2D eigenvalue weighted by atomic mass is 9.93. The van der Waals surface area contributed by atoms with Gasteiger partial charge in [-0.1, -0.05) is 13.8 Å². The number of likely N-dealkylation sites (tertiary alicyclic amines) is 1. The molecule has 2 saturated heterocycles. The van der Waals surface area contributed by atoms with E-state index in [-0.39, 0.29) is 5.54 Å². The molecule has 16 heavy (non-hydrogen) atoms. The summed E-state index contributed by atoms with van der Waals surface area (Å²) in [6, 6.07) is 1.26. The predicted molar refractivity (Wildman–Crippen MR) is 66.7 cm³/mol. The van der Waals surface area contributed by atoms with Gasteiger partial charge in [0.05, 0.1) is 6.10 Å². The highest BCUT2D eigenvalue weighted by Gasteiger charge is 2.44. The van der Waals surface area contributed by atoms with Crippen molar-refractivity contribution in [2.75, 3.05) is 19.7 Å². The van der Waals surface area contributed by atoms with Crippen molar-refractivity contribution in [3.8, 4) is 0 Å². The van der Waals surface area contributed by atoms with Crippen LogP contribution >= 0.6 is 0 Å². The summed E-state index contributed by atoms with van der Waals surface area (Å²) in [7, 11) is 0. The minimum absolute atomic E-state index is 0.271. The molecule has 2 fully saturated rings. The molecule has 0 bridgehead atoms. The molecule has 2 rings (SSSR count). The molecule has 0 aromatic heterocycles. The van der Waals surface area contributed by atoms with Gasteiger partial charge < -0.3 is 10.1 Å². The Kier molecular flexibility index (Phi) is 3.57. The van der Waals surface area contributed by atoms with E-state index >= 15 is 0 Å². The first-order valence-corrected chi connectivity index (χ1v) is 6.65. The summed E-state index contributed by atoms with van der Waals surface area (Å²) in [5, 5.41) is 3.64. The van der Waals surface area contributed by atoms with Crippen LogP contribution in [0.15, 0.2) is 0 Å². The molecule has 94 valence electrons. The molecule has 0 aromatic carbocycles. The maximum atomic E-state index is 5.74. The summed E-state index contributed by atoms with van der Waals surface area (Å²) in [6.45, 7) is 12.4. The van der Waals surface area contributed by atoms with E-state index in [2.05, 4.69) is 37.9 Å². The Morgan fingerprint density at radius 2 is 2.19 bits per heavy atom. The van der Waals surface area contributed by atoms with Crippen molar-refractivity contribution in [1.82, 2.24) is 10.2 Å². The van der Waals surface area contributed by atoms with Crippen LogP contribution < -0.4 is 5.32 Å². The zero-order chi connectivity index (χ0) is 11.8. The predicted octanol–water partition coefficient (Wildman–Crippen LogP) is 1.63. The van der Waals surface area contributed by atoms with Crippen molar-refractivity contribution in [1.29, 1.82) is 0 Å². The van der Waals surface area contributed by atoms with E-state index in [4.69, 9.17) is 4.74 Å². The monoisotopic (exact) mass is 226 g/mol. The van der Waals surface area contributed by atoms with Crippen molar-refractivity contribution in [3.05, 3.63) is 0 Å². The van der Waals surface area contributed by atoms with Crippen LogP contribution in [0.1, 0.15) is 40.5 Å². The van der Waals surface area contributed by atoms with Crippen molar-refractivity contribution < 1.29 is 4.74 Å². The highest BCUT2D eigenvalue weighted by atomic mass is 16.5. The Bertz CT molecular complexity index is 244. The summed E-state index contributed by atoms with van der Waals surface area (Å²) in [6.07, 6.45) is 2.84. The zero-order valence-electron chi connectivity index (χ0n) is 11.1.